The predicted molar refractivity (Wildman–Crippen MR) is 54.7 cm³/mol. The van der Waals surface area contributed by atoms with Crippen molar-refractivity contribution in [2.75, 3.05) is 7.05 Å². The van der Waals surface area contributed by atoms with E-state index in [1.54, 1.807) is 6.92 Å². The van der Waals surface area contributed by atoms with Gasteiger partial charge in [-0.05, 0) is 26.5 Å². The first-order valence-corrected chi connectivity index (χ1v) is 4.57. The Hall–Kier alpha value is -0.860. The van der Waals surface area contributed by atoms with E-state index in [2.05, 4.69) is 24.4 Å². The normalized spacial score (nSPS) is 15.4. The van der Waals surface area contributed by atoms with Crippen LogP contribution in [0.3, 0.4) is 0 Å². The minimum atomic E-state index is -0.368. The van der Waals surface area contributed by atoms with E-state index in [9.17, 15) is 5.11 Å². The fourth-order valence-electron chi connectivity index (χ4n) is 1.46. The number of aryl methyl sites for hydroxylation is 1. The molecule has 2 unspecified atom stereocenters. The van der Waals surface area contributed by atoms with E-state index < -0.39 is 0 Å². The van der Waals surface area contributed by atoms with Gasteiger partial charge in [0.2, 0.25) is 0 Å². The zero-order chi connectivity index (χ0) is 9.84. The molecule has 1 aromatic carbocycles. The molecule has 1 rings (SSSR count). The maximum atomic E-state index is 9.47. The van der Waals surface area contributed by atoms with Crippen molar-refractivity contribution < 1.29 is 5.11 Å². The zero-order valence-electron chi connectivity index (χ0n) is 8.41. The van der Waals surface area contributed by atoms with Gasteiger partial charge in [-0.15, -0.1) is 0 Å². The molecule has 2 nitrogen and oxygen atoms in total. The van der Waals surface area contributed by atoms with Crippen LogP contribution in [0.4, 0.5) is 0 Å². The highest BCUT2D eigenvalue weighted by molar-refractivity contribution is 5.24. The van der Waals surface area contributed by atoms with Crippen LogP contribution in [0.5, 0.6) is 0 Å². The number of hydrogen-bond donors (Lipinski definition) is 2. The Morgan fingerprint density at radius 3 is 2.15 bits per heavy atom. The first-order chi connectivity index (χ1) is 6.15. The Labute approximate surface area is 79.6 Å². The van der Waals surface area contributed by atoms with E-state index in [4.69, 9.17) is 0 Å². The second kappa shape index (κ2) is 4.40. The van der Waals surface area contributed by atoms with Crippen LogP contribution in [0, 0.1) is 6.92 Å². The second-order valence-corrected chi connectivity index (χ2v) is 3.42. The van der Waals surface area contributed by atoms with E-state index >= 15 is 0 Å². The van der Waals surface area contributed by atoms with Gasteiger partial charge in [0.1, 0.15) is 0 Å². The Kier molecular flexibility index (Phi) is 3.46. The molecule has 0 fully saturated rings. The van der Waals surface area contributed by atoms with E-state index in [0.29, 0.717) is 0 Å². The lowest BCUT2D eigenvalue weighted by atomic mass is 10.0. The largest absolute Gasteiger partial charge is 0.391 e. The van der Waals surface area contributed by atoms with Gasteiger partial charge >= 0.3 is 0 Å². The fraction of sp³-hybridized carbons (Fsp3) is 0.455. The topological polar surface area (TPSA) is 32.3 Å². The number of aliphatic hydroxyl groups excluding tert-OH is 1. The van der Waals surface area contributed by atoms with Gasteiger partial charge in [0.15, 0.2) is 0 Å². The summed E-state index contributed by atoms with van der Waals surface area (Å²) in [7, 11) is 1.86. The maximum Gasteiger partial charge on any atom is 0.0706 e. The molecule has 72 valence electrons. The van der Waals surface area contributed by atoms with Gasteiger partial charge in [-0.2, -0.15) is 0 Å². The van der Waals surface area contributed by atoms with Crippen molar-refractivity contribution in [3.63, 3.8) is 0 Å². The number of nitrogens with one attached hydrogen (secondary N) is 1. The van der Waals surface area contributed by atoms with Crippen molar-refractivity contribution in [3.05, 3.63) is 35.4 Å². The Bertz CT molecular complexity index is 253. The molecule has 0 aliphatic carbocycles. The van der Waals surface area contributed by atoms with Crippen LogP contribution in [0.25, 0.3) is 0 Å². The highest BCUT2D eigenvalue weighted by atomic mass is 16.3. The molecule has 0 spiro atoms. The quantitative estimate of drug-likeness (QED) is 0.739. The molecule has 0 radical (unpaired) electrons. The van der Waals surface area contributed by atoms with Crippen LogP contribution in [0.1, 0.15) is 24.1 Å². The third-order valence-corrected chi connectivity index (χ3v) is 2.23. The summed E-state index contributed by atoms with van der Waals surface area (Å²) in [6, 6.07) is 8.23. The molecule has 13 heavy (non-hydrogen) atoms. The summed E-state index contributed by atoms with van der Waals surface area (Å²) in [5.74, 6) is 0. The minimum Gasteiger partial charge on any atom is -0.391 e. The smallest absolute Gasteiger partial charge is 0.0706 e. The van der Waals surface area contributed by atoms with E-state index in [0.717, 1.165) is 5.56 Å². The Morgan fingerprint density at radius 2 is 1.77 bits per heavy atom. The van der Waals surface area contributed by atoms with Crippen LogP contribution >= 0.6 is 0 Å². The van der Waals surface area contributed by atoms with Crippen LogP contribution in [0.2, 0.25) is 0 Å². The van der Waals surface area contributed by atoms with E-state index in [1.165, 1.54) is 5.56 Å². The molecule has 0 aliphatic heterocycles. The number of benzene rings is 1. The Morgan fingerprint density at radius 1 is 1.23 bits per heavy atom. The van der Waals surface area contributed by atoms with E-state index in [1.807, 2.05) is 19.2 Å². The number of likely N-dealkylation sites (N-methyl/N-ethyl adjacent to an activating group) is 1. The van der Waals surface area contributed by atoms with Crippen molar-refractivity contribution in [3.8, 4) is 0 Å². The summed E-state index contributed by atoms with van der Waals surface area (Å²) < 4.78 is 0. The monoisotopic (exact) mass is 179 g/mol. The summed E-state index contributed by atoms with van der Waals surface area (Å²) in [5.41, 5.74) is 2.37. The lowest BCUT2D eigenvalue weighted by molar-refractivity contribution is 0.150. The van der Waals surface area contributed by atoms with Crippen LogP contribution < -0.4 is 5.32 Å². The first-order valence-electron chi connectivity index (χ1n) is 4.57. The zero-order valence-corrected chi connectivity index (χ0v) is 8.41. The van der Waals surface area contributed by atoms with Crippen molar-refractivity contribution in [1.29, 1.82) is 0 Å². The van der Waals surface area contributed by atoms with Crippen molar-refractivity contribution in [2.45, 2.75) is 26.0 Å². The molecule has 0 aromatic heterocycles. The van der Waals surface area contributed by atoms with Gasteiger partial charge in [0.25, 0.3) is 0 Å². The summed E-state index contributed by atoms with van der Waals surface area (Å²) in [4.78, 5) is 0. The van der Waals surface area contributed by atoms with Crippen molar-refractivity contribution in [2.24, 2.45) is 0 Å². The third-order valence-electron chi connectivity index (χ3n) is 2.23. The summed E-state index contributed by atoms with van der Waals surface area (Å²) in [6.45, 7) is 3.85. The molecule has 0 bridgehead atoms. The molecule has 1 aromatic rings. The maximum absolute atomic E-state index is 9.47. The van der Waals surface area contributed by atoms with Gasteiger partial charge in [0.05, 0.1) is 12.1 Å². The van der Waals surface area contributed by atoms with Crippen LogP contribution in [-0.4, -0.2) is 18.3 Å². The van der Waals surface area contributed by atoms with Crippen molar-refractivity contribution in [1.82, 2.24) is 5.32 Å². The number of hydrogen-bond acceptors (Lipinski definition) is 2. The second-order valence-electron chi connectivity index (χ2n) is 3.42. The molecule has 0 saturated heterocycles. The highest BCUT2D eigenvalue weighted by Gasteiger charge is 2.13. The van der Waals surface area contributed by atoms with Crippen LogP contribution in [0.15, 0.2) is 24.3 Å². The SMILES string of the molecule is CNC(c1ccc(C)cc1)C(C)O. The molecule has 0 amide bonds. The van der Waals surface area contributed by atoms with Crippen molar-refractivity contribution >= 4 is 0 Å². The van der Waals surface area contributed by atoms with Gasteiger partial charge in [-0.25, -0.2) is 0 Å². The molecular formula is C11H17NO. The molecule has 0 heterocycles. The molecular weight excluding hydrogens is 162 g/mol. The molecule has 0 aliphatic rings. The minimum absolute atomic E-state index is 0.0283. The summed E-state index contributed by atoms with van der Waals surface area (Å²) >= 11 is 0. The number of rotatable bonds is 3. The third kappa shape index (κ3) is 2.54. The van der Waals surface area contributed by atoms with Gasteiger partial charge in [0, 0.05) is 0 Å². The lowest BCUT2D eigenvalue weighted by Gasteiger charge is -2.19. The molecule has 2 heteroatoms. The fourth-order valence-corrected chi connectivity index (χ4v) is 1.46. The van der Waals surface area contributed by atoms with Gasteiger partial charge in [-0.3, -0.25) is 0 Å². The standard InChI is InChI=1S/C11H17NO/c1-8-4-6-10(7-5-8)11(12-3)9(2)13/h4-7,9,11-13H,1-3H3. The molecule has 0 saturated carbocycles. The predicted octanol–water partition coefficient (Wildman–Crippen LogP) is 1.64. The first kappa shape index (κ1) is 10.2. The van der Waals surface area contributed by atoms with Gasteiger partial charge in [-0.1, -0.05) is 29.8 Å². The average molecular weight is 179 g/mol. The highest BCUT2D eigenvalue weighted by Crippen LogP contribution is 2.16. The summed E-state index contributed by atoms with van der Waals surface area (Å²) in [5, 5.41) is 12.6. The Balaban J connectivity index is 2.86. The number of aliphatic hydroxyl groups is 1. The van der Waals surface area contributed by atoms with Gasteiger partial charge < -0.3 is 10.4 Å². The molecule has 2 N–H and O–H groups in total. The molecule has 2 atom stereocenters. The van der Waals surface area contributed by atoms with E-state index in [-0.39, 0.29) is 12.1 Å². The summed E-state index contributed by atoms with van der Waals surface area (Å²) in [6.07, 6.45) is -0.368. The van der Waals surface area contributed by atoms with Crippen LogP contribution in [-0.2, 0) is 0 Å². The average Bonchev–Trinajstić information content (AvgIpc) is 2.09. The lowest BCUT2D eigenvalue weighted by Crippen LogP contribution is -2.26.